The summed E-state index contributed by atoms with van der Waals surface area (Å²) in [6.07, 6.45) is 0. The standard InChI is InChI=1S/C18H23NO2.ClH/c1-3-7-17(8-4-1)15-20-13-11-19-12-14-21-16-18-9-5-2-6-10-18;/h1-10,19H,11-16H2;1H. The summed E-state index contributed by atoms with van der Waals surface area (Å²) in [5.74, 6) is 0. The Bertz CT molecular complexity index is 433. The van der Waals surface area contributed by atoms with Gasteiger partial charge >= 0.3 is 0 Å². The van der Waals surface area contributed by atoms with Gasteiger partial charge < -0.3 is 27.2 Å². The molecule has 22 heavy (non-hydrogen) atoms. The van der Waals surface area contributed by atoms with E-state index < -0.39 is 0 Å². The molecule has 0 radical (unpaired) electrons. The number of hydrogen-bond acceptors (Lipinski definition) is 2. The number of halogens is 1. The third kappa shape index (κ3) is 8.15. The maximum atomic E-state index is 5.62. The zero-order chi connectivity index (χ0) is 14.6. The van der Waals surface area contributed by atoms with Gasteiger partial charge in [-0.2, -0.15) is 0 Å². The van der Waals surface area contributed by atoms with Crippen LogP contribution in [-0.4, -0.2) is 26.3 Å². The summed E-state index contributed by atoms with van der Waals surface area (Å²) in [6, 6.07) is 20.5. The minimum Gasteiger partial charge on any atom is -1.00 e. The lowest BCUT2D eigenvalue weighted by Crippen LogP contribution is -3.00. The van der Waals surface area contributed by atoms with Gasteiger partial charge in [-0.05, 0) is 11.1 Å². The fourth-order valence-electron chi connectivity index (χ4n) is 2.01. The number of hydrogen-bond donors (Lipinski definition) is 1. The predicted octanol–water partition coefficient (Wildman–Crippen LogP) is -1.01. The third-order valence-electron chi connectivity index (χ3n) is 3.16. The molecule has 0 saturated carbocycles. The zero-order valence-electron chi connectivity index (χ0n) is 12.8. The molecule has 120 valence electrons. The summed E-state index contributed by atoms with van der Waals surface area (Å²) < 4.78 is 11.2. The maximum Gasteiger partial charge on any atom is 0.0993 e. The van der Waals surface area contributed by atoms with Gasteiger partial charge in [0.2, 0.25) is 0 Å². The van der Waals surface area contributed by atoms with E-state index in [-0.39, 0.29) is 12.4 Å². The van der Waals surface area contributed by atoms with E-state index in [9.17, 15) is 0 Å². The summed E-state index contributed by atoms with van der Waals surface area (Å²) in [5, 5.41) is 2.23. The van der Waals surface area contributed by atoms with Crippen molar-refractivity contribution in [2.24, 2.45) is 0 Å². The SMILES string of the molecule is [Cl-].c1ccc(COCC[NH2+]CCOCc2ccccc2)cc1. The number of nitrogens with two attached hydrogens (primary N) is 1. The molecule has 2 rings (SSSR count). The number of ether oxygens (including phenoxy) is 2. The van der Waals surface area contributed by atoms with Crippen molar-refractivity contribution in [3.8, 4) is 0 Å². The molecule has 0 unspecified atom stereocenters. The molecule has 0 aliphatic heterocycles. The van der Waals surface area contributed by atoms with E-state index >= 15 is 0 Å². The van der Waals surface area contributed by atoms with Crippen LogP contribution in [0.15, 0.2) is 60.7 Å². The van der Waals surface area contributed by atoms with Gasteiger partial charge in [0, 0.05) is 0 Å². The van der Waals surface area contributed by atoms with Crippen LogP contribution in [0.1, 0.15) is 11.1 Å². The molecule has 0 saturated heterocycles. The number of rotatable bonds is 10. The van der Waals surface area contributed by atoms with E-state index in [1.54, 1.807) is 0 Å². The quantitative estimate of drug-likeness (QED) is 0.569. The molecule has 0 aliphatic rings. The van der Waals surface area contributed by atoms with Crippen molar-refractivity contribution < 1.29 is 27.2 Å². The Morgan fingerprint density at radius 2 is 1.05 bits per heavy atom. The second kappa shape index (κ2) is 12.2. The van der Waals surface area contributed by atoms with Gasteiger partial charge in [-0.15, -0.1) is 0 Å². The van der Waals surface area contributed by atoms with Crippen LogP contribution < -0.4 is 17.7 Å². The summed E-state index contributed by atoms with van der Waals surface area (Å²) >= 11 is 0. The Morgan fingerprint density at radius 3 is 1.45 bits per heavy atom. The van der Waals surface area contributed by atoms with E-state index in [0.717, 1.165) is 26.3 Å². The molecule has 0 aliphatic carbocycles. The lowest BCUT2D eigenvalue weighted by molar-refractivity contribution is -0.658. The van der Waals surface area contributed by atoms with Crippen molar-refractivity contribution in [2.75, 3.05) is 26.3 Å². The Morgan fingerprint density at radius 1 is 0.636 bits per heavy atom. The fourth-order valence-corrected chi connectivity index (χ4v) is 2.01. The van der Waals surface area contributed by atoms with Crippen LogP contribution in [0.4, 0.5) is 0 Å². The minimum absolute atomic E-state index is 0. The normalized spacial score (nSPS) is 10.2. The highest BCUT2D eigenvalue weighted by Gasteiger charge is 1.95. The Hall–Kier alpha value is -1.39. The van der Waals surface area contributed by atoms with E-state index in [1.807, 2.05) is 36.4 Å². The molecular weight excluding hydrogens is 298 g/mol. The molecule has 0 aromatic heterocycles. The first-order valence-electron chi connectivity index (χ1n) is 7.50. The predicted molar refractivity (Wildman–Crippen MR) is 83.9 cm³/mol. The smallest absolute Gasteiger partial charge is 0.0993 e. The zero-order valence-corrected chi connectivity index (χ0v) is 13.5. The highest BCUT2D eigenvalue weighted by Crippen LogP contribution is 2.00. The Balaban J connectivity index is 0.00000242. The van der Waals surface area contributed by atoms with Crippen LogP contribution in [0, 0.1) is 0 Å². The van der Waals surface area contributed by atoms with Gasteiger partial charge in [-0.25, -0.2) is 0 Å². The van der Waals surface area contributed by atoms with Crippen molar-refractivity contribution in [1.29, 1.82) is 0 Å². The topological polar surface area (TPSA) is 35.1 Å². The Labute approximate surface area is 139 Å². The van der Waals surface area contributed by atoms with Gasteiger partial charge in [-0.3, -0.25) is 0 Å². The molecule has 2 aromatic rings. The molecule has 0 fully saturated rings. The maximum absolute atomic E-state index is 5.62. The molecule has 0 heterocycles. The number of quaternary nitrogens is 1. The fraction of sp³-hybridized carbons (Fsp3) is 0.333. The second-order valence-corrected chi connectivity index (χ2v) is 4.94. The molecule has 3 nitrogen and oxygen atoms in total. The van der Waals surface area contributed by atoms with Crippen molar-refractivity contribution in [1.82, 2.24) is 0 Å². The molecule has 0 atom stereocenters. The van der Waals surface area contributed by atoms with Crippen LogP contribution in [0.2, 0.25) is 0 Å². The van der Waals surface area contributed by atoms with Gasteiger partial charge in [0.15, 0.2) is 0 Å². The van der Waals surface area contributed by atoms with E-state index in [1.165, 1.54) is 11.1 Å². The van der Waals surface area contributed by atoms with Crippen LogP contribution in [-0.2, 0) is 22.7 Å². The molecule has 0 bridgehead atoms. The molecule has 0 spiro atoms. The van der Waals surface area contributed by atoms with Gasteiger partial charge in [0.25, 0.3) is 0 Å². The van der Waals surface area contributed by atoms with Crippen LogP contribution in [0.5, 0.6) is 0 Å². The summed E-state index contributed by atoms with van der Waals surface area (Å²) in [5.41, 5.74) is 2.45. The van der Waals surface area contributed by atoms with Gasteiger partial charge in [-0.1, -0.05) is 60.7 Å². The molecule has 2 aromatic carbocycles. The molecule has 2 N–H and O–H groups in total. The first kappa shape index (κ1) is 18.7. The lowest BCUT2D eigenvalue weighted by atomic mass is 10.2. The molecular formula is C18H24ClNO2. The first-order valence-corrected chi connectivity index (χ1v) is 7.50. The van der Waals surface area contributed by atoms with E-state index in [0.29, 0.717) is 13.2 Å². The van der Waals surface area contributed by atoms with Crippen molar-refractivity contribution >= 4 is 0 Å². The average Bonchev–Trinajstić information content (AvgIpc) is 2.55. The van der Waals surface area contributed by atoms with Crippen LogP contribution in [0.25, 0.3) is 0 Å². The highest BCUT2D eigenvalue weighted by molar-refractivity contribution is 5.13. The van der Waals surface area contributed by atoms with Crippen LogP contribution in [0.3, 0.4) is 0 Å². The van der Waals surface area contributed by atoms with Crippen molar-refractivity contribution in [3.63, 3.8) is 0 Å². The van der Waals surface area contributed by atoms with E-state index in [4.69, 9.17) is 9.47 Å². The summed E-state index contributed by atoms with van der Waals surface area (Å²) in [6.45, 7) is 4.88. The Kier molecular flexibility index (Phi) is 10.3. The first-order chi connectivity index (χ1) is 10.4. The highest BCUT2D eigenvalue weighted by atomic mass is 35.5. The van der Waals surface area contributed by atoms with Crippen LogP contribution >= 0.6 is 0 Å². The van der Waals surface area contributed by atoms with Gasteiger partial charge in [0.05, 0.1) is 39.5 Å². The van der Waals surface area contributed by atoms with E-state index in [2.05, 4.69) is 29.6 Å². The van der Waals surface area contributed by atoms with Gasteiger partial charge in [0.1, 0.15) is 0 Å². The largest absolute Gasteiger partial charge is 1.00 e. The van der Waals surface area contributed by atoms with Crippen molar-refractivity contribution in [3.05, 3.63) is 71.8 Å². The summed E-state index contributed by atoms with van der Waals surface area (Å²) in [7, 11) is 0. The molecule has 0 amide bonds. The monoisotopic (exact) mass is 321 g/mol. The average molecular weight is 322 g/mol. The minimum atomic E-state index is 0. The third-order valence-corrected chi connectivity index (χ3v) is 3.16. The molecule has 4 heteroatoms. The van der Waals surface area contributed by atoms with Crippen molar-refractivity contribution in [2.45, 2.75) is 13.2 Å². The lowest BCUT2D eigenvalue weighted by Gasteiger charge is -2.05. The second-order valence-electron chi connectivity index (χ2n) is 4.94. The number of benzene rings is 2. The summed E-state index contributed by atoms with van der Waals surface area (Å²) in [4.78, 5) is 0.